The lowest BCUT2D eigenvalue weighted by Crippen LogP contribution is -2.10. The first kappa shape index (κ1) is 15.3. The summed E-state index contributed by atoms with van der Waals surface area (Å²) in [7, 11) is 0. The van der Waals surface area contributed by atoms with Gasteiger partial charge in [-0.05, 0) is 18.2 Å². The summed E-state index contributed by atoms with van der Waals surface area (Å²) in [5.41, 5.74) is 0.863. The highest BCUT2D eigenvalue weighted by Gasteiger charge is 2.17. The van der Waals surface area contributed by atoms with Gasteiger partial charge in [-0.15, -0.1) is 11.3 Å². The van der Waals surface area contributed by atoms with Crippen molar-refractivity contribution in [2.75, 3.05) is 5.32 Å². The van der Waals surface area contributed by atoms with Crippen molar-refractivity contribution in [3.63, 3.8) is 0 Å². The van der Waals surface area contributed by atoms with Crippen molar-refractivity contribution < 1.29 is 4.79 Å². The molecule has 1 aromatic carbocycles. The highest BCUT2D eigenvalue weighted by atomic mass is 35.5. The van der Waals surface area contributed by atoms with Crippen molar-refractivity contribution in [3.05, 3.63) is 42.5 Å². The Kier molecular flexibility index (Phi) is 4.32. The third-order valence-electron chi connectivity index (χ3n) is 2.57. The van der Waals surface area contributed by atoms with E-state index < -0.39 is 0 Å². The van der Waals surface area contributed by atoms with Crippen molar-refractivity contribution in [2.24, 2.45) is 0 Å². The quantitative estimate of drug-likeness (QED) is 0.557. The second-order valence-corrected chi connectivity index (χ2v) is 8.02. The molecule has 3 aromatic rings. The lowest BCUT2D eigenvalue weighted by Gasteiger charge is -1.98. The van der Waals surface area contributed by atoms with Crippen LogP contribution in [0.5, 0.6) is 0 Å². The summed E-state index contributed by atoms with van der Waals surface area (Å²) >= 11 is 26.3. The number of nitrogens with zero attached hydrogens (tertiary/aromatic N) is 1. The Morgan fingerprint density at radius 1 is 1.10 bits per heavy atom. The molecule has 108 valence electrons. The number of thiophene rings is 1. The van der Waals surface area contributed by atoms with Crippen LogP contribution < -0.4 is 5.32 Å². The van der Waals surface area contributed by atoms with Gasteiger partial charge in [-0.1, -0.05) is 57.7 Å². The zero-order valence-corrected chi connectivity index (χ0v) is 14.6. The molecule has 1 amide bonds. The summed E-state index contributed by atoms with van der Waals surface area (Å²) in [4.78, 5) is 16.4. The second kappa shape index (κ2) is 5.91. The molecular formula is C12H4Cl4N2OS2. The van der Waals surface area contributed by atoms with Gasteiger partial charge >= 0.3 is 0 Å². The van der Waals surface area contributed by atoms with Crippen molar-refractivity contribution in [2.45, 2.75) is 0 Å². The molecular weight excluding hydrogens is 394 g/mol. The SMILES string of the molecule is O=C(Nc1nc2c(Cl)ccc(Cl)c2s1)c1cc(Cl)sc1Cl. The van der Waals surface area contributed by atoms with Gasteiger partial charge in [0.2, 0.25) is 0 Å². The third-order valence-corrected chi connectivity index (χ3v) is 5.79. The topological polar surface area (TPSA) is 42.0 Å². The molecule has 2 heterocycles. The van der Waals surface area contributed by atoms with Crippen molar-refractivity contribution in [3.8, 4) is 0 Å². The number of hydrogen-bond donors (Lipinski definition) is 1. The van der Waals surface area contributed by atoms with Crippen LogP contribution in [-0.4, -0.2) is 10.9 Å². The fourth-order valence-corrected chi connectivity index (χ4v) is 4.53. The molecule has 21 heavy (non-hydrogen) atoms. The maximum absolute atomic E-state index is 12.1. The Morgan fingerprint density at radius 2 is 1.81 bits per heavy atom. The van der Waals surface area contributed by atoms with Gasteiger partial charge in [0.1, 0.15) is 9.85 Å². The van der Waals surface area contributed by atoms with Crippen LogP contribution in [0.1, 0.15) is 10.4 Å². The number of nitrogens with one attached hydrogen (secondary N) is 1. The average Bonchev–Trinajstić information content (AvgIpc) is 2.98. The molecule has 3 rings (SSSR count). The van der Waals surface area contributed by atoms with Gasteiger partial charge in [-0.3, -0.25) is 10.1 Å². The van der Waals surface area contributed by atoms with Gasteiger partial charge in [-0.25, -0.2) is 4.98 Å². The van der Waals surface area contributed by atoms with Crippen LogP contribution in [-0.2, 0) is 0 Å². The number of fused-ring (bicyclic) bond motifs is 1. The average molecular weight is 398 g/mol. The van der Waals surface area contributed by atoms with Crippen LogP contribution in [0, 0.1) is 0 Å². The van der Waals surface area contributed by atoms with E-state index in [4.69, 9.17) is 46.4 Å². The van der Waals surface area contributed by atoms with Gasteiger partial charge in [0, 0.05) is 0 Å². The second-order valence-electron chi connectivity index (χ2n) is 3.92. The standard InChI is InChI=1S/C12H4Cl4N2OS2/c13-5-1-2-6(14)9-8(5)17-12(21-9)18-11(19)4-3-7(15)20-10(4)16/h1-3H,(H,17,18,19). The van der Waals surface area contributed by atoms with Gasteiger partial charge in [0.25, 0.3) is 5.91 Å². The van der Waals surface area contributed by atoms with Gasteiger partial charge < -0.3 is 0 Å². The molecule has 0 aliphatic rings. The lowest BCUT2D eigenvalue weighted by atomic mass is 10.3. The number of amides is 1. The van der Waals surface area contributed by atoms with Crippen LogP contribution in [0.25, 0.3) is 10.2 Å². The Morgan fingerprint density at radius 3 is 2.43 bits per heavy atom. The van der Waals surface area contributed by atoms with Crippen molar-refractivity contribution in [1.29, 1.82) is 0 Å². The van der Waals surface area contributed by atoms with Crippen LogP contribution in [0.2, 0.25) is 18.7 Å². The Balaban J connectivity index is 1.95. The fourth-order valence-electron chi connectivity index (χ4n) is 1.66. The molecule has 0 bridgehead atoms. The van der Waals surface area contributed by atoms with E-state index in [0.717, 1.165) is 11.3 Å². The number of benzene rings is 1. The van der Waals surface area contributed by atoms with Crippen molar-refractivity contribution in [1.82, 2.24) is 4.98 Å². The Hall–Kier alpha value is -0.560. The molecule has 0 radical (unpaired) electrons. The Bertz CT molecular complexity index is 819. The number of aromatic nitrogens is 1. The number of anilines is 1. The molecule has 0 unspecified atom stereocenters. The van der Waals surface area contributed by atoms with Gasteiger partial charge in [0.05, 0.1) is 24.6 Å². The highest BCUT2D eigenvalue weighted by molar-refractivity contribution is 7.23. The van der Waals surface area contributed by atoms with E-state index in [1.165, 1.54) is 17.4 Å². The molecule has 0 fully saturated rings. The first-order chi connectivity index (χ1) is 9.95. The fraction of sp³-hybridized carbons (Fsp3) is 0. The summed E-state index contributed by atoms with van der Waals surface area (Å²) in [6, 6.07) is 4.86. The maximum atomic E-state index is 12.1. The van der Waals surface area contributed by atoms with E-state index in [2.05, 4.69) is 10.3 Å². The molecule has 0 aliphatic carbocycles. The van der Waals surface area contributed by atoms with Gasteiger partial charge in [-0.2, -0.15) is 0 Å². The minimum atomic E-state index is -0.380. The summed E-state index contributed by atoms with van der Waals surface area (Å²) in [6.07, 6.45) is 0. The number of hydrogen-bond acceptors (Lipinski definition) is 4. The van der Waals surface area contributed by atoms with E-state index in [-0.39, 0.29) is 5.91 Å². The summed E-state index contributed by atoms with van der Waals surface area (Å²) in [5, 5.41) is 4.07. The number of thiazole rings is 1. The smallest absolute Gasteiger partial charge is 0.259 e. The highest BCUT2D eigenvalue weighted by Crippen LogP contribution is 2.37. The van der Waals surface area contributed by atoms with E-state index in [1.807, 2.05) is 0 Å². The van der Waals surface area contributed by atoms with Crippen LogP contribution in [0.15, 0.2) is 18.2 Å². The molecule has 0 aliphatic heterocycles. The molecule has 0 saturated carbocycles. The maximum Gasteiger partial charge on any atom is 0.259 e. The van der Waals surface area contributed by atoms with Gasteiger partial charge in [0.15, 0.2) is 5.13 Å². The summed E-state index contributed by atoms with van der Waals surface area (Å²) in [6.45, 7) is 0. The molecule has 0 atom stereocenters. The number of carbonyl (C=O) groups is 1. The van der Waals surface area contributed by atoms with E-state index >= 15 is 0 Å². The molecule has 0 spiro atoms. The number of rotatable bonds is 2. The van der Waals surface area contributed by atoms with Crippen LogP contribution >= 0.6 is 69.1 Å². The first-order valence-electron chi connectivity index (χ1n) is 5.46. The molecule has 9 heteroatoms. The van der Waals surface area contributed by atoms with E-state index in [9.17, 15) is 4.79 Å². The minimum Gasteiger partial charge on any atom is -0.298 e. The monoisotopic (exact) mass is 396 g/mol. The van der Waals surface area contributed by atoms with Crippen molar-refractivity contribution >= 4 is 90.3 Å². The number of halogens is 4. The predicted molar refractivity (Wildman–Crippen MR) is 91.9 cm³/mol. The zero-order chi connectivity index (χ0) is 15.1. The zero-order valence-electron chi connectivity index (χ0n) is 9.92. The van der Waals surface area contributed by atoms with Crippen LogP contribution in [0.4, 0.5) is 5.13 Å². The first-order valence-corrected chi connectivity index (χ1v) is 8.61. The lowest BCUT2D eigenvalue weighted by molar-refractivity contribution is 0.102. The van der Waals surface area contributed by atoms with E-state index in [0.29, 0.717) is 39.6 Å². The largest absolute Gasteiger partial charge is 0.298 e. The minimum absolute atomic E-state index is 0.308. The van der Waals surface area contributed by atoms with Crippen LogP contribution in [0.3, 0.4) is 0 Å². The normalized spacial score (nSPS) is 11.0. The third kappa shape index (κ3) is 2.99. The molecule has 0 saturated heterocycles. The molecule has 3 nitrogen and oxygen atoms in total. The molecule has 1 N–H and O–H groups in total. The van der Waals surface area contributed by atoms with E-state index in [1.54, 1.807) is 12.1 Å². The molecule has 2 aromatic heterocycles. The number of carbonyl (C=O) groups excluding carboxylic acids is 1. The Labute approximate surface area is 147 Å². The summed E-state index contributed by atoms with van der Waals surface area (Å²) < 4.78 is 1.49. The summed E-state index contributed by atoms with van der Waals surface area (Å²) in [5.74, 6) is -0.380. The predicted octanol–water partition coefficient (Wildman–Crippen LogP) is 6.22.